The van der Waals surface area contributed by atoms with Gasteiger partial charge < -0.3 is 19.9 Å². The number of aliphatic hydroxyl groups is 1. The second-order valence-corrected chi connectivity index (χ2v) is 5.30. The minimum atomic E-state index is -0.486. The van der Waals surface area contributed by atoms with Crippen molar-refractivity contribution in [2.45, 2.75) is 25.0 Å². The highest BCUT2D eigenvalue weighted by Crippen LogP contribution is 2.29. The van der Waals surface area contributed by atoms with Gasteiger partial charge in [0.1, 0.15) is 24.2 Å². The fraction of sp³-hybridized carbons (Fsp3) is 0.538. The molecule has 1 aliphatic rings. The molecule has 0 amide bonds. The van der Waals surface area contributed by atoms with E-state index in [9.17, 15) is 5.11 Å². The van der Waals surface area contributed by atoms with Gasteiger partial charge in [-0.3, -0.25) is 0 Å². The third kappa shape index (κ3) is 4.15. The monoisotopic (exact) mass is 315 g/mol. The molecule has 0 radical (unpaired) electrons. The van der Waals surface area contributed by atoms with Gasteiger partial charge in [-0.1, -0.05) is 0 Å². The quantitative estimate of drug-likeness (QED) is 0.807. The zero-order chi connectivity index (χ0) is 13.0. The van der Waals surface area contributed by atoms with Crippen LogP contribution in [0.4, 0.5) is 0 Å². The molecule has 0 bridgehead atoms. The van der Waals surface area contributed by atoms with E-state index >= 15 is 0 Å². The lowest BCUT2D eigenvalue weighted by atomic mass is 10.3. The van der Waals surface area contributed by atoms with Gasteiger partial charge >= 0.3 is 0 Å². The van der Waals surface area contributed by atoms with Gasteiger partial charge in [-0.05, 0) is 47.0 Å². The maximum absolute atomic E-state index is 9.75. The molecule has 4 nitrogen and oxygen atoms in total. The molecule has 2 N–H and O–H groups in total. The van der Waals surface area contributed by atoms with Gasteiger partial charge in [-0.25, -0.2) is 0 Å². The molecule has 1 fully saturated rings. The van der Waals surface area contributed by atoms with Crippen molar-refractivity contribution in [2.75, 3.05) is 20.3 Å². The van der Waals surface area contributed by atoms with Crippen molar-refractivity contribution in [3.63, 3.8) is 0 Å². The summed E-state index contributed by atoms with van der Waals surface area (Å²) < 4.78 is 11.5. The van der Waals surface area contributed by atoms with E-state index in [1.165, 1.54) is 12.8 Å². The van der Waals surface area contributed by atoms with E-state index in [1.807, 2.05) is 18.2 Å². The van der Waals surface area contributed by atoms with E-state index in [1.54, 1.807) is 7.11 Å². The largest absolute Gasteiger partial charge is 0.497 e. The summed E-state index contributed by atoms with van der Waals surface area (Å²) in [5.41, 5.74) is 0. The first-order valence-electron chi connectivity index (χ1n) is 6.07. The molecule has 1 saturated carbocycles. The summed E-state index contributed by atoms with van der Waals surface area (Å²) in [5, 5.41) is 13.0. The molecular weight excluding hydrogens is 298 g/mol. The molecule has 5 heteroatoms. The summed E-state index contributed by atoms with van der Waals surface area (Å²) in [7, 11) is 1.62. The Morgan fingerprint density at radius 3 is 2.89 bits per heavy atom. The minimum absolute atomic E-state index is 0.282. The van der Waals surface area contributed by atoms with Crippen molar-refractivity contribution >= 4 is 15.9 Å². The van der Waals surface area contributed by atoms with Crippen LogP contribution in [0.15, 0.2) is 22.7 Å². The summed E-state index contributed by atoms with van der Waals surface area (Å²) in [6, 6.07) is 6.09. The maximum Gasteiger partial charge on any atom is 0.133 e. The van der Waals surface area contributed by atoms with E-state index < -0.39 is 6.10 Å². The first-order valence-corrected chi connectivity index (χ1v) is 6.86. The molecule has 1 aromatic carbocycles. The van der Waals surface area contributed by atoms with Crippen LogP contribution in [0.3, 0.4) is 0 Å². The number of halogens is 1. The number of hydrogen-bond acceptors (Lipinski definition) is 4. The molecule has 1 atom stereocenters. The van der Waals surface area contributed by atoms with Crippen LogP contribution < -0.4 is 14.8 Å². The predicted octanol–water partition coefficient (Wildman–Crippen LogP) is 1.95. The first-order chi connectivity index (χ1) is 8.69. The number of rotatable bonds is 7. The molecule has 1 aliphatic carbocycles. The van der Waals surface area contributed by atoms with E-state index in [0.29, 0.717) is 18.3 Å². The summed E-state index contributed by atoms with van der Waals surface area (Å²) in [6.07, 6.45) is 1.95. The van der Waals surface area contributed by atoms with Crippen molar-refractivity contribution < 1.29 is 14.6 Å². The second-order valence-electron chi connectivity index (χ2n) is 4.44. The van der Waals surface area contributed by atoms with E-state index in [4.69, 9.17) is 9.47 Å². The first kappa shape index (κ1) is 13.6. The Balaban J connectivity index is 1.77. The average Bonchev–Trinajstić information content (AvgIpc) is 3.18. The van der Waals surface area contributed by atoms with Crippen LogP contribution in [0.2, 0.25) is 0 Å². The SMILES string of the molecule is COc1ccc(OCC(O)CNC2CC2)c(Br)c1. The van der Waals surface area contributed by atoms with Gasteiger partial charge in [0.15, 0.2) is 0 Å². The molecule has 1 aromatic rings. The van der Waals surface area contributed by atoms with E-state index in [-0.39, 0.29) is 6.61 Å². The van der Waals surface area contributed by atoms with Crippen LogP contribution in [0.5, 0.6) is 11.5 Å². The molecular formula is C13H18BrNO3. The molecule has 18 heavy (non-hydrogen) atoms. The van der Waals surface area contributed by atoms with Gasteiger partial charge in [0, 0.05) is 12.6 Å². The molecule has 0 saturated heterocycles. The molecule has 0 spiro atoms. The third-order valence-corrected chi connectivity index (χ3v) is 3.41. The lowest BCUT2D eigenvalue weighted by Crippen LogP contribution is -2.32. The highest BCUT2D eigenvalue weighted by atomic mass is 79.9. The molecule has 2 rings (SSSR count). The predicted molar refractivity (Wildman–Crippen MR) is 73.2 cm³/mol. The molecule has 0 heterocycles. The van der Waals surface area contributed by atoms with Crippen molar-refractivity contribution in [1.82, 2.24) is 5.32 Å². The van der Waals surface area contributed by atoms with E-state index in [0.717, 1.165) is 10.2 Å². The number of hydrogen-bond donors (Lipinski definition) is 2. The number of ether oxygens (including phenoxy) is 2. The third-order valence-electron chi connectivity index (χ3n) is 2.79. The van der Waals surface area contributed by atoms with Crippen LogP contribution in [-0.4, -0.2) is 37.5 Å². The Bertz CT molecular complexity index is 396. The van der Waals surface area contributed by atoms with Crippen LogP contribution in [0.25, 0.3) is 0 Å². The zero-order valence-electron chi connectivity index (χ0n) is 10.4. The van der Waals surface area contributed by atoms with Crippen LogP contribution in [0, 0.1) is 0 Å². The van der Waals surface area contributed by atoms with E-state index in [2.05, 4.69) is 21.2 Å². The van der Waals surface area contributed by atoms with Gasteiger partial charge in [-0.2, -0.15) is 0 Å². The number of aliphatic hydroxyl groups excluding tert-OH is 1. The van der Waals surface area contributed by atoms with Crippen molar-refractivity contribution in [1.29, 1.82) is 0 Å². The lowest BCUT2D eigenvalue weighted by Gasteiger charge is -2.14. The summed E-state index contributed by atoms with van der Waals surface area (Å²) >= 11 is 3.41. The Morgan fingerprint density at radius 1 is 1.50 bits per heavy atom. The van der Waals surface area contributed by atoms with Crippen molar-refractivity contribution in [3.8, 4) is 11.5 Å². The molecule has 1 unspecified atom stereocenters. The van der Waals surface area contributed by atoms with Crippen molar-refractivity contribution in [2.24, 2.45) is 0 Å². The van der Waals surface area contributed by atoms with Gasteiger partial charge in [-0.15, -0.1) is 0 Å². The maximum atomic E-state index is 9.75. The Kier molecular flexibility index (Phi) is 4.86. The second kappa shape index (κ2) is 6.41. The highest BCUT2D eigenvalue weighted by molar-refractivity contribution is 9.10. The Hall–Kier alpha value is -0.780. The Labute approximate surface area is 115 Å². The molecule has 0 aliphatic heterocycles. The van der Waals surface area contributed by atoms with Gasteiger partial charge in [0.05, 0.1) is 11.6 Å². The number of benzene rings is 1. The highest BCUT2D eigenvalue weighted by Gasteiger charge is 2.21. The standard InChI is InChI=1S/C13H18BrNO3/c1-17-11-4-5-13(12(14)6-11)18-8-10(16)7-15-9-2-3-9/h4-6,9-10,15-16H,2-3,7-8H2,1H3. The normalized spacial score (nSPS) is 16.4. The topological polar surface area (TPSA) is 50.7 Å². The smallest absolute Gasteiger partial charge is 0.133 e. The van der Waals surface area contributed by atoms with Crippen LogP contribution in [-0.2, 0) is 0 Å². The Morgan fingerprint density at radius 2 is 2.28 bits per heavy atom. The molecule has 100 valence electrons. The fourth-order valence-electron chi connectivity index (χ4n) is 1.56. The summed E-state index contributed by atoms with van der Waals surface area (Å²) in [5.74, 6) is 1.48. The molecule has 0 aromatic heterocycles. The van der Waals surface area contributed by atoms with Crippen molar-refractivity contribution in [3.05, 3.63) is 22.7 Å². The average molecular weight is 316 g/mol. The van der Waals surface area contributed by atoms with Gasteiger partial charge in [0.2, 0.25) is 0 Å². The minimum Gasteiger partial charge on any atom is -0.497 e. The lowest BCUT2D eigenvalue weighted by molar-refractivity contribution is 0.105. The summed E-state index contributed by atoms with van der Waals surface area (Å²) in [6.45, 7) is 0.864. The summed E-state index contributed by atoms with van der Waals surface area (Å²) in [4.78, 5) is 0. The zero-order valence-corrected chi connectivity index (χ0v) is 11.9. The van der Waals surface area contributed by atoms with Crippen LogP contribution >= 0.6 is 15.9 Å². The number of methoxy groups -OCH3 is 1. The van der Waals surface area contributed by atoms with Gasteiger partial charge in [0.25, 0.3) is 0 Å². The number of nitrogens with one attached hydrogen (secondary N) is 1. The fourth-order valence-corrected chi connectivity index (χ4v) is 2.03. The van der Waals surface area contributed by atoms with Crippen LogP contribution in [0.1, 0.15) is 12.8 Å².